The average molecular weight is 469 g/mol. The Morgan fingerprint density at radius 1 is 1.30 bits per heavy atom. The van der Waals surface area contributed by atoms with Crippen LogP contribution < -0.4 is 21.1 Å². The SMILES string of the molecule is CCCNC(=O)[C@@H]1CCCN(c2nc3ncn(CC(=O)Nc4cccc(C)c4)c(=O)c3s2)C1. The van der Waals surface area contributed by atoms with Crippen molar-refractivity contribution >= 4 is 44.3 Å². The van der Waals surface area contributed by atoms with E-state index < -0.39 is 0 Å². The molecule has 0 spiro atoms. The van der Waals surface area contributed by atoms with Crippen LogP contribution in [-0.4, -0.2) is 46.0 Å². The molecule has 10 heteroatoms. The third-order valence-electron chi connectivity index (χ3n) is 5.60. The summed E-state index contributed by atoms with van der Waals surface area (Å²) in [5, 5.41) is 6.46. The second-order valence-corrected chi connectivity index (χ2v) is 9.30. The topological polar surface area (TPSA) is 109 Å². The van der Waals surface area contributed by atoms with Gasteiger partial charge in [-0.3, -0.25) is 19.0 Å². The van der Waals surface area contributed by atoms with Gasteiger partial charge in [-0.1, -0.05) is 30.4 Å². The fourth-order valence-electron chi connectivity index (χ4n) is 3.92. The van der Waals surface area contributed by atoms with Crippen molar-refractivity contribution in [2.75, 3.05) is 29.9 Å². The van der Waals surface area contributed by atoms with Gasteiger partial charge in [-0.05, 0) is 43.9 Å². The van der Waals surface area contributed by atoms with Crippen LogP contribution in [0.1, 0.15) is 31.7 Å². The van der Waals surface area contributed by atoms with Crippen LogP contribution in [0.15, 0.2) is 35.4 Å². The first-order chi connectivity index (χ1) is 15.9. The van der Waals surface area contributed by atoms with Gasteiger partial charge in [-0.25, -0.2) is 4.98 Å². The number of piperidine rings is 1. The molecular weight excluding hydrogens is 440 g/mol. The highest BCUT2D eigenvalue weighted by Gasteiger charge is 2.27. The van der Waals surface area contributed by atoms with Crippen molar-refractivity contribution < 1.29 is 9.59 Å². The predicted molar refractivity (Wildman–Crippen MR) is 130 cm³/mol. The quantitative estimate of drug-likeness (QED) is 0.552. The maximum Gasteiger partial charge on any atom is 0.273 e. The lowest BCUT2D eigenvalue weighted by Gasteiger charge is -2.31. The molecule has 1 aliphatic heterocycles. The zero-order chi connectivity index (χ0) is 23.4. The molecule has 1 fully saturated rings. The number of hydrogen-bond donors (Lipinski definition) is 2. The average Bonchev–Trinajstić information content (AvgIpc) is 3.25. The minimum atomic E-state index is -0.300. The number of aromatic nitrogens is 3. The fraction of sp³-hybridized carbons (Fsp3) is 0.435. The van der Waals surface area contributed by atoms with Crippen LogP contribution >= 0.6 is 11.3 Å². The van der Waals surface area contributed by atoms with E-state index in [1.54, 1.807) is 6.07 Å². The number of hydrogen-bond acceptors (Lipinski definition) is 7. The van der Waals surface area contributed by atoms with Gasteiger partial charge in [0.15, 0.2) is 10.8 Å². The summed E-state index contributed by atoms with van der Waals surface area (Å²) in [5.41, 5.74) is 1.79. The van der Waals surface area contributed by atoms with E-state index in [0.29, 0.717) is 34.3 Å². The normalized spacial score (nSPS) is 16.1. The summed E-state index contributed by atoms with van der Waals surface area (Å²) in [4.78, 5) is 48.7. The number of amides is 2. The van der Waals surface area contributed by atoms with Crippen molar-refractivity contribution in [3.8, 4) is 0 Å². The number of nitrogens with zero attached hydrogens (tertiary/aromatic N) is 4. The molecule has 0 aliphatic carbocycles. The minimum Gasteiger partial charge on any atom is -0.356 e. The summed E-state index contributed by atoms with van der Waals surface area (Å²) in [7, 11) is 0. The van der Waals surface area contributed by atoms with Crippen molar-refractivity contribution in [1.29, 1.82) is 0 Å². The molecule has 3 heterocycles. The van der Waals surface area contributed by atoms with Crippen molar-refractivity contribution in [3.05, 3.63) is 46.5 Å². The minimum absolute atomic E-state index is 0.0720. The van der Waals surface area contributed by atoms with Crippen molar-refractivity contribution in [2.45, 2.75) is 39.7 Å². The number of benzene rings is 1. The number of anilines is 2. The maximum atomic E-state index is 13.0. The molecule has 0 bridgehead atoms. The molecule has 0 saturated carbocycles. The lowest BCUT2D eigenvalue weighted by molar-refractivity contribution is -0.125. The summed E-state index contributed by atoms with van der Waals surface area (Å²) in [6, 6.07) is 7.48. The molecule has 1 atom stereocenters. The van der Waals surface area contributed by atoms with Crippen LogP contribution in [0, 0.1) is 12.8 Å². The molecule has 3 aromatic rings. The van der Waals surface area contributed by atoms with Gasteiger partial charge in [-0.15, -0.1) is 0 Å². The number of carbonyl (C=O) groups is 2. The predicted octanol–water partition coefficient (Wildman–Crippen LogP) is 2.54. The summed E-state index contributed by atoms with van der Waals surface area (Å²) in [6.45, 7) is 5.87. The summed E-state index contributed by atoms with van der Waals surface area (Å²) in [5.74, 6) is -0.319. The van der Waals surface area contributed by atoms with Crippen molar-refractivity contribution in [3.63, 3.8) is 0 Å². The molecule has 174 valence electrons. The van der Waals surface area contributed by atoms with E-state index in [9.17, 15) is 14.4 Å². The van der Waals surface area contributed by atoms with Crippen molar-refractivity contribution in [1.82, 2.24) is 19.9 Å². The summed E-state index contributed by atoms with van der Waals surface area (Å²) < 4.78 is 1.71. The van der Waals surface area contributed by atoms with Crippen LogP contribution in [0.5, 0.6) is 0 Å². The monoisotopic (exact) mass is 468 g/mol. The largest absolute Gasteiger partial charge is 0.356 e. The lowest BCUT2D eigenvalue weighted by Crippen LogP contribution is -2.43. The van der Waals surface area contributed by atoms with E-state index in [1.165, 1.54) is 22.2 Å². The molecular formula is C23H28N6O3S. The molecule has 1 saturated heterocycles. The van der Waals surface area contributed by atoms with E-state index in [-0.39, 0.29) is 29.8 Å². The molecule has 1 aliphatic rings. The molecule has 0 radical (unpaired) electrons. The Morgan fingerprint density at radius 3 is 2.94 bits per heavy atom. The molecule has 2 N–H and O–H groups in total. The fourth-order valence-corrected chi connectivity index (χ4v) is 4.92. The van der Waals surface area contributed by atoms with Crippen molar-refractivity contribution in [2.24, 2.45) is 5.92 Å². The van der Waals surface area contributed by atoms with Gasteiger partial charge >= 0.3 is 0 Å². The highest BCUT2D eigenvalue weighted by Crippen LogP contribution is 2.29. The Hall–Kier alpha value is -3.27. The Kier molecular flexibility index (Phi) is 7.02. The molecule has 33 heavy (non-hydrogen) atoms. The summed E-state index contributed by atoms with van der Waals surface area (Å²) in [6.07, 6.45) is 4.00. The number of carbonyl (C=O) groups excluding carboxylic acids is 2. The van der Waals surface area contributed by atoms with Gasteiger partial charge in [0.1, 0.15) is 17.6 Å². The van der Waals surface area contributed by atoms with Crippen LogP contribution in [0.4, 0.5) is 10.8 Å². The number of nitrogens with one attached hydrogen (secondary N) is 2. The molecule has 4 rings (SSSR count). The molecule has 2 amide bonds. The zero-order valence-electron chi connectivity index (χ0n) is 18.8. The van der Waals surface area contributed by atoms with E-state index in [2.05, 4.69) is 25.5 Å². The Labute approximate surface area is 195 Å². The number of fused-ring (bicyclic) bond motifs is 1. The molecule has 9 nitrogen and oxygen atoms in total. The second kappa shape index (κ2) is 10.1. The first kappa shape index (κ1) is 22.9. The number of thiazole rings is 1. The highest BCUT2D eigenvalue weighted by molar-refractivity contribution is 7.22. The Morgan fingerprint density at radius 2 is 2.15 bits per heavy atom. The van der Waals surface area contributed by atoms with Crippen LogP contribution in [0.3, 0.4) is 0 Å². The van der Waals surface area contributed by atoms with Crippen LogP contribution in [0.25, 0.3) is 10.3 Å². The first-order valence-corrected chi connectivity index (χ1v) is 12.0. The van der Waals surface area contributed by atoms with Gasteiger partial charge in [0, 0.05) is 25.3 Å². The van der Waals surface area contributed by atoms with Gasteiger partial charge in [-0.2, -0.15) is 4.98 Å². The third kappa shape index (κ3) is 5.39. The molecule has 2 aromatic heterocycles. The van der Waals surface area contributed by atoms with E-state index in [0.717, 1.165) is 31.4 Å². The standard InChI is InChI=1S/C23H28N6O3S/c1-3-9-24-21(31)16-7-5-10-28(12-16)23-27-20-19(33-23)22(32)29(14-25-20)13-18(30)26-17-8-4-6-15(2)11-17/h4,6,8,11,14,16H,3,5,7,9-10,12-13H2,1-2H3,(H,24,31)(H,26,30)/t16-/m1/s1. The Bertz CT molecular complexity index is 1220. The number of aryl methyl sites for hydroxylation is 1. The van der Waals surface area contributed by atoms with Gasteiger partial charge in [0.25, 0.3) is 5.56 Å². The van der Waals surface area contributed by atoms with Gasteiger partial charge in [0.2, 0.25) is 11.8 Å². The third-order valence-corrected chi connectivity index (χ3v) is 6.69. The lowest BCUT2D eigenvalue weighted by atomic mass is 9.97. The van der Waals surface area contributed by atoms with Gasteiger partial charge < -0.3 is 15.5 Å². The zero-order valence-corrected chi connectivity index (χ0v) is 19.7. The smallest absolute Gasteiger partial charge is 0.273 e. The van der Waals surface area contributed by atoms with E-state index in [4.69, 9.17) is 0 Å². The number of rotatable bonds is 7. The molecule has 1 aromatic carbocycles. The van der Waals surface area contributed by atoms with Crippen LogP contribution in [0.2, 0.25) is 0 Å². The second-order valence-electron chi connectivity index (χ2n) is 8.32. The summed E-state index contributed by atoms with van der Waals surface area (Å²) >= 11 is 1.26. The van der Waals surface area contributed by atoms with E-state index in [1.807, 2.05) is 32.0 Å². The highest BCUT2D eigenvalue weighted by atomic mass is 32.1. The van der Waals surface area contributed by atoms with E-state index >= 15 is 0 Å². The molecule has 0 unspecified atom stereocenters. The van der Waals surface area contributed by atoms with Gasteiger partial charge in [0.05, 0.1) is 5.92 Å². The maximum absolute atomic E-state index is 13.0. The van der Waals surface area contributed by atoms with Crippen LogP contribution in [-0.2, 0) is 16.1 Å². The Balaban J connectivity index is 1.48. The first-order valence-electron chi connectivity index (χ1n) is 11.2.